The Hall–Kier alpha value is -1.08. The molecule has 1 amide bonds. The average Bonchev–Trinajstić information content (AvgIpc) is 2.66. The molecule has 0 heterocycles. The fraction of sp³-hybridized carbons (Fsp3) is 0.600. The molecule has 1 aliphatic rings. The first-order valence-electron chi connectivity index (χ1n) is 9.68. The van der Waals surface area contributed by atoms with Crippen LogP contribution >= 0.6 is 34.8 Å². The second-order valence-corrected chi connectivity index (χ2v) is 11.0. The third-order valence-electron chi connectivity index (χ3n) is 4.68. The lowest BCUT2D eigenvalue weighted by molar-refractivity contribution is -0.122. The molecule has 2 N–H and O–H groups in total. The maximum Gasteiger partial charge on any atom is 0.336 e. The minimum absolute atomic E-state index is 0.00178. The Bertz CT molecular complexity index is 844. The van der Waals surface area contributed by atoms with Gasteiger partial charge in [0.2, 0.25) is 9.70 Å². The van der Waals surface area contributed by atoms with Crippen LogP contribution < -0.4 is 10.0 Å². The number of allylic oxidation sites excluding steroid dienone is 2. The number of alkyl halides is 3. The highest BCUT2D eigenvalue weighted by atomic mass is 35.6. The van der Waals surface area contributed by atoms with Crippen LogP contribution in [0.15, 0.2) is 23.8 Å². The van der Waals surface area contributed by atoms with Crippen molar-refractivity contribution in [2.24, 2.45) is 5.92 Å². The summed E-state index contributed by atoms with van der Waals surface area (Å²) in [6.07, 6.45) is 7.79. The normalized spacial score (nSPS) is 18.1. The van der Waals surface area contributed by atoms with Crippen LogP contribution in [0.3, 0.4) is 0 Å². The first-order chi connectivity index (χ1) is 14.4. The summed E-state index contributed by atoms with van der Waals surface area (Å²) in [7, 11) is -4.37. The van der Waals surface area contributed by atoms with E-state index in [1.807, 2.05) is 0 Å². The molecular weight excluding hydrogens is 487 g/mol. The molecular formula is C20H27Cl3N2O5S. The van der Waals surface area contributed by atoms with Gasteiger partial charge in [0.25, 0.3) is 0 Å². The van der Waals surface area contributed by atoms with Crippen molar-refractivity contribution in [3.05, 3.63) is 23.8 Å². The minimum Gasteiger partial charge on any atom is -0.356 e. The molecule has 0 bridgehead atoms. The van der Waals surface area contributed by atoms with Crippen LogP contribution in [0.25, 0.3) is 0 Å². The zero-order valence-corrected chi connectivity index (χ0v) is 20.3. The van der Waals surface area contributed by atoms with E-state index in [4.69, 9.17) is 45.4 Å². The third-order valence-corrected chi connectivity index (χ3v) is 6.40. The molecule has 1 rings (SSSR count). The van der Waals surface area contributed by atoms with Crippen LogP contribution in [0.2, 0.25) is 0 Å². The molecule has 0 aromatic rings. The molecule has 1 aliphatic carbocycles. The third kappa shape index (κ3) is 10.9. The second kappa shape index (κ2) is 12.8. The Kier molecular flexibility index (Phi) is 11.6. The Labute approximate surface area is 199 Å². The molecule has 0 aromatic carbocycles. The quantitative estimate of drug-likeness (QED) is 0.180. The molecule has 11 heteroatoms. The molecule has 174 valence electrons. The van der Waals surface area contributed by atoms with Gasteiger partial charge in [-0.15, -0.1) is 12.3 Å². The summed E-state index contributed by atoms with van der Waals surface area (Å²) in [5, 5.41) is 2.60. The summed E-state index contributed by atoms with van der Waals surface area (Å²) in [6.45, 7) is 5.79. The highest BCUT2D eigenvalue weighted by Gasteiger charge is 2.39. The van der Waals surface area contributed by atoms with E-state index in [1.54, 1.807) is 13.0 Å². The van der Waals surface area contributed by atoms with Crippen molar-refractivity contribution >= 4 is 56.8 Å². The van der Waals surface area contributed by atoms with Crippen LogP contribution in [-0.2, 0) is 24.1 Å². The zero-order chi connectivity index (χ0) is 23.7. The number of unbranched alkanes of at least 4 members (excludes halogenated alkanes) is 2. The number of nitrogens with one attached hydrogen (secondary N) is 2. The van der Waals surface area contributed by atoms with Crippen molar-refractivity contribution in [2.45, 2.75) is 55.3 Å². The van der Waals surface area contributed by atoms with Crippen molar-refractivity contribution in [1.82, 2.24) is 10.0 Å². The van der Waals surface area contributed by atoms with Crippen molar-refractivity contribution in [1.29, 1.82) is 0 Å². The number of carbonyl (C=O) groups is 2. The summed E-state index contributed by atoms with van der Waals surface area (Å²) < 4.78 is 29.7. The summed E-state index contributed by atoms with van der Waals surface area (Å²) in [4.78, 5) is 23.9. The van der Waals surface area contributed by atoms with Crippen LogP contribution in [-0.4, -0.2) is 43.1 Å². The van der Waals surface area contributed by atoms with Crippen molar-refractivity contribution in [2.75, 3.05) is 13.1 Å². The summed E-state index contributed by atoms with van der Waals surface area (Å²) in [5.74, 6) is 1.79. The van der Waals surface area contributed by atoms with Crippen molar-refractivity contribution in [3.63, 3.8) is 0 Å². The monoisotopic (exact) mass is 512 g/mol. The van der Waals surface area contributed by atoms with E-state index < -0.39 is 32.5 Å². The predicted molar refractivity (Wildman–Crippen MR) is 123 cm³/mol. The number of hydrogen-bond donors (Lipinski definition) is 2. The summed E-state index contributed by atoms with van der Waals surface area (Å²) in [6, 6.07) is 0. The highest BCUT2D eigenvalue weighted by Crippen LogP contribution is 2.35. The molecule has 0 aliphatic heterocycles. The minimum atomic E-state index is -4.37. The largest absolute Gasteiger partial charge is 0.356 e. The van der Waals surface area contributed by atoms with Gasteiger partial charge in [0, 0.05) is 25.9 Å². The van der Waals surface area contributed by atoms with Gasteiger partial charge in [0.05, 0.1) is 6.42 Å². The second-order valence-electron chi connectivity index (χ2n) is 7.22. The van der Waals surface area contributed by atoms with Gasteiger partial charge in [0.15, 0.2) is 5.78 Å². The van der Waals surface area contributed by atoms with Gasteiger partial charge in [-0.25, -0.2) is 4.18 Å². The van der Waals surface area contributed by atoms with Gasteiger partial charge in [-0.2, -0.15) is 13.1 Å². The van der Waals surface area contributed by atoms with Gasteiger partial charge in [-0.3, -0.25) is 9.59 Å². The standard InChI is InChI=1S/C20H27Cl3N2O5S/c1-4-5-6-7-10-24-19(27)12-18(20(21,22)23)30-31(28,29)25-13-15(3)16-9-8-14(2)17(26)11-16/h1,8,16,18,25H,3,5-7,9-13H2,2H3,(H,24,27)/t16-,18+/m1/s1. The van der Waals surface area contributed by atoms with E-state index in [1.165, 1.54) is 0 Å². The first kappa shape index (κ1) is 28.0. The molecule has 2 atom stereocenters. The van der Waals surface area contributed by atoms with Crippen LogP contribution in [0.5, 0.6) is 0 Å². The average molecular weight is 514 g/mol. The van der Waals surface area contributed by atoms with Crippen LogP contribution in [0, 0.1) is 18.3 Å². The van der Waals surface area contributed by atoms with Crippen molar-refractivity contribution in [3.8, 4) is 12.3 Å². The SMILES string of the molecule is C#CCCCCNC(=O)C[C@H](OS(=O)(=O)NCC(=C)[C@@H]1CC=C(C)C(=O)C1)C(Cl)(Cl)Cl. The number of Topliss-reactive ketones (excluding diaryl/α,β-unsaturated/α-hetero) is 1. The lowest BCUT2D eigenvalue weighted by Crippen LogP contribution is -2.41. The lowest BCUT2D eigenvalue weighted by Gasteiger charge is -2.25. The van der Waals surface area contributed by atoms with E-state index in [0.717, 1.165) is 6.42 Å². The number of carbonyl (C=O) groups excluding carboxylic acids is 2. The fourth-order valence-corrected chi connectivity index (χ4v) is 4.22. The molecule has 0 spiro atoms. The highest BCUT2D eigenvalue weighted by molar-refractivity contribution is 7.84. The van der Waals surface area contributed by atoms with E-state index in [-0.39, 0.29) is 24.7 Å². The number of amides is 1. The maximum atomic E-state index is 12.3. The molecule has 0 saturated carbocycles. The van der Waals surface area contributed by atoms with Gasteiger partial charge in [0.1, 0.15) is 6.10 Å². The van der Waals surface area contributed by atoms with Gasteiger partial charge >= 0.3 is 10.3 Å². The van der Waals surface area contributed by atoms with Gasteiger partial charge in [-0.05, 0) is 37.7 Å². The molecule has 0 saturated heterocycles. The smallest absolute Gasteiger partial charge is 0.336 e. The van der Waals surface area contributed by atoms with Gasteiger partial charge in [-0.1, -0.05) is 53.0 Å². The van der Waals surface area contributed by atoms with E-state index in [0.29, 0.717) is 37.0 Å². The summed E-state index contributed by atoms with van der Waals surface area (Å²) in [5.41, 5.74) is 1.22. The molecule has 31 heavy (non-hydrogen) atoms. The number of halogens is 3. The Balaban J connectivity index is 2.60. The lowest BCUT2D eigenvalue weighted by atomic mass is 9.84. The molecule has 0 radical (unpaired) electrons. The Morgan fingerprint density at radius 2 is 2.10 bits per heavy atom. The molecule has 7 nitrogen and oxygen atoms in total. The van der Waals surface area contributed by atoms with Crippen LogP contribution in [0.4, 0.5) is 0 Å². The molecule has 0 aromatic heterocycles. The predicted octanol–water partition coefficient (Wildman–Crippen LogP) is 3.37. The summed E-state index contributed by atoms with van der Waals surface area (Å²) >= 11 is 17.4. The Morgan fingerprint density at radius 3 is 2.68 bits per heavy atom. The van der Waals surface area contributed by atoms with Crippen molar-refractivity contribution < 1.29 is 22.2 Å². The topological polar surface area (TPSA) is 102 Å². The number of hydrogen-bond acceptors (Lipinski definition) is 5. The Morgan fingerprint density at radius 1 is 1.42 bits per heavy atom. The first-order valence-corrected chi connectivity index (χ1v) is 12.2. The van der Waals surface area contributed by atoms with E-state index in [2.05, 4.69) is 22.5 Å². The van der Waals surface area contributed by atoms with E-state index in [9.17, 15) is 18.0 Å². The number of terminal acetylenes is 1. The number of rotatable bonds is 12. The number of ketones is 1. The molecule has 0 fully saturated rings. The molecule has 0 unspecified atom stereocenters. The van der Waals surface area contributed by atoms with Gasteiger partial charge < -0.3 is 5.32 Å². The fourth-order valence-electron chi connectivity index (χ4n) is 2.75. The van der Waals surface area contributed by atoms with Crippen LogP contribution in [0.1, 0.15) is 45.4 Å². The zero-order valence-electron chi connectivity index (χ0n) is 17.3. The maximum absolute atomic E-state index is 12.3. The van der Waals surface area contributed by atoms with E-state index >= 15 is 0 Å².